The molecule has 1 rings (SSSR count). The summed E-state index contributed by atoms with van der Waals surface area (Å²) in [5.74, 6) is -0.634. The largest absolute Gasteiger partial charge is 0.428 e. The third-order valence-corrected chi connectivity index (χ3v) is 1.28. The van der Waals surface area contributed by atoms with Gasteiger partial charge in [-0.15, -0.1) is 0 Å². The molecule has 1 unspecified atom stereocenters. The first-order valence-electron chi connectivity index (χ1n) is 3.60. The summed E-state index contributed by atoms with van der Waals surface area (Å²) in [4.78, 5) is 11.0. The number of carbonyl (C=O) groups excluding carboxylic acids is 1. The molecule has 0 saturated heterocycles. The van der Waals surface area contributed by atoms with E-state index in [4.69, 9.17) is 0 Å². The van der Waals surface area contributed by atoms with Crippen LogP contribution in [0.15, 0.2) is 30.3 Å². The number of rotatable bonds is 2. The second kappa shape index (κ2) is 3.85. The van der Waals surface area contributed by atoms with Crippen LogP contribution in [-0.4, -0.2) is 12.3 Å². The monoisotopic (exact) mass is 168 g/mol. The molecule has 64 valence electrons. The molecule has 0 aromatic heterocycles. The van der Waals surface area contributed by atoms with Crippen LogP contribution >= 0.6 is 0 Å². The zero-order valence-electron chi connectivity index (χ0n) is 6.66. The molecule has 0 fully saturated rings. The first-order valence-corrected chi connectivity index (χ1v) is 3.60. The third-order valence-electron chi connectivity index (χ3n) is 1.28. The summed E-state index contributed by atoms with van der Waals surface area (Å²) in [5, 5.41) is 0. The summed E-state index contributed by atoms with van der Waals surface area (Å²) >= 11 is 0. The van der Waals surface area contributed by atoms with E-state index < -0.39 is 12.3 Å². The van der Waals surface area contributed by atoms with Crippen molar-refractivity contribution in [2.45, 2.75) is 13.3 Å². The standard InChI is InChI=1S/C9H9FO2/c1-7(10)12-9(11)8-5-3-2-4-6-8/h2-7H,1H3. The average Bonchev–Trinajstić information content (AvgIpc) is 2.05. The van der Waals surface area contributed by atoms with Gasteiger partial charge in [0, 0.05) is 6.92 Å². The van der Waals surface area contributed by atoms with E-state index >= 15 is 0 Å². The number of hydrogen-bond acceptors (Lipinski definition) is 2. The highest BCUT2D eigenvalue weighted by atomic mass is 19.1. The summed E-state index contributed by atoms with van der Waals surface area (Å²) in [7, 11) is 0. The molecule has 1 aromatic carbocycles. The number of halogens is 1. The van der Waals surface area contributed by atoms with E-state index in [-0.39, 0.29) is 0 Å². The van der Waals surface area contributed by atoms with Crippen LogP contribution in [0.25, 0.3) is 0 Å². The highest BCUT2D eigenvalue weighted by molar-refractivity contribution is 5.89. The maximum Gasteiger partial charge on any atom is 0.340 e. The summed E-state index contributed by atoms with van der Waals surface area (Å²) in [5.41, 5.74) is 0.363. The van der Waals surface area contributed by atoms with Crippen molar-refractivity contribution in [2.75, 3.05) is 0 Å². The van der Waals surface area contributed by atoms with Crippen molar-refractivity contribution in [3.05, 3.63) is 35.9 Å². The molecule has 0 aliphatic carbocycles. The minimum atomic E-state index is -1.56. The van der Waals surface area contributed by atoms with E-state index in [0.717, 1.165) is 0 Å². The Hall–Kier alpha value is -1.38. The molecular formula is C9H9FO2. The summed E-state index contributed by atoms with van der Waals surface area (Å²) in [6.07, 6.45) is -1.56. The first kappa shape index (κ1) is 8.71. The molecule has 0 heterocycles. The van der Waals surface area contributed by atoms with Crippen molar-refractivity contribution in [3.8, 4) is 0 Å². The second-order valence-corrected chi connectivity index (χ2v) is 2.31. The predicted octanol–water partition coefficient (Wildman–Crippen LogP) is 2.16. The Kier molecular flexibility index (Phi) is 2.80. The van der Waals surface area contributed by atoms with Gasteiger partial charge in [-0.05, 0) is 12.1 Å². The molecular weight excluding hydrogens is 159 g/mol. The van der Waals surface area contributed by atoms with Crippen LogP contribution in [0.2, 0.25) is 0 Å². The third kappa shape index (κ3) is 2.34. The SMILES string of the molecule is CC(F)OC(=O)c1ccccc1. The van der Waals surface area contributed by atoms with Crippen LogP contribution in [0, 0.1) is 0 Å². The summed E-state index contributed by atoms with van der Waals surface area (Å²) in [6.45, 7) is 1.17. The molecule has 1 atom stereocenters. The smallest absolute Gasteiger partial charge is 0.340 e. The number of carbonyl (C=O) groups is 1. The maximum atomic E-state index is 12.2. The van der Waals surface area contributed by atoms with E-state index in [1.54, 1.807) is 30.3 Å². The lowest BCUT2D eigenvalue weighted by Gasteiger charge is -2.03. The normalized spacial score (nSPS) is 12.2. The lowest BCUT2D eigenvalue weighted by molar-refractivity contribution is -0.00574. The second-order valence-electron chi connectivity index (χ2n) is 2.31. The average molecular weight is 168 g/mol. The summed E-state index contributed by atoms with van der Waals surface area (Å²) in [6, 6.07) is 8.31. The van der Waals surface area contributed by atoms with Gasteiger partial charge in [0.05, 0.1) is 5.56 Å². The van der Waals surface area contributed by atoms with Crippen LogP contribution in [0.3, 0.4) is 0 Å². The Morgan fingerprint density at radius 1 is 1.42 bits per heavy atom. The Labute approximate surface area is 70.0 Å². The van der Waals surface area contributed by atoms with Gasteiger partial charge in [0.15, 0.2) is 0 Å². The number of benzene rings is 1. The molecule has 0 radical (unpaired) electrons. The van der Waals surface area contributed by atoms with Gasteiger partial charge in [0.1, 0.15) is 0 Å². The topological polar surface area (TPSA) is 26.3 Å². The molecule has 2 nitrogen and oxygen atoms in total. The Balaban J connectivity index is 2.66. The fourth-order valence-electron chi connectivity index (χ4n) is 0.790. The summed E-state index contributed by atoms with van der Waals surface area (Å²) < 4.78 is 16.5. The van der Waals surface area contributed by atoms with Gasteiger partial charge in [-0.25, -0.2) is 9.18 Å². The molecule has 0 spiro atoms. The number of esters is 1. The van der Waals surface area contributed by atoms with Gasteiger partial charge in [-0.1, -0.05) is 18.2 Å². The molecule has 3 heteroatoms. The minimum absolute atomic E-state index is 0.363. The van der Waals surface area contributed by atoms with Gasteiger partial charge in [0.2, 0.25) is 6.36 Å². The van der Waals surface area contributed by atoms with E-state index in [9.17, 15) is 9.18 Å². The van der Waals surface area contributed by atoms with E-state index in [1.165, 1.54) is 6.92 Å². The van der Waals surface area contributed by atoms with Crippen molar-refractivity contribution in [1.82, 2.24) is 0 Å². The fraction of sp³-hybridized carbons (Fsp3) is 0.222. The zero-order valence-corrected chi connectivity index (χ0v) is 6.66. The van der Waals surface area contributed by atoms with Crippen LogP contribution in [-0.2, 0) is 4.74 Å². The molecule has 0 aliphatic rings. The van der Waals surface area contributed by atoms with Crippen LogP contribution in [0.5, 0.6) is 0 Å². The fourth-order valence-corrected chi connectivity index (χ4v) is 0.790. The van der Waals surface area contributed by atoms with Crippen molar-refractivity contribution in [2.24, 2.45) is 0 Å². The Morgan fingerprint density at radius 2 is 2.00 bits per heavy atom. The maximum absolute atomic E-state index is 12.2. The molecule has 0 saturated carbocycles. The zero-order chi connectivity index (χ0) is 8.97. The van der Waals surface area contributed by atoms with Crippen LogP contribution in [0.1, 0.15) is 17.3 Å². The number of alkyl halides is 1. The number of hydrogen-bond donors (Lipinski definition) is 0. The van der Waals surface area contributed by atoms with E-state index in [0.29, 0.717) is 5.56 Å². The van der Waals surface area contributed by atoms with Crippen molar-refractivity contribution < 1.29 is 13.9 Å². The van der Waals surface area contributed by atoms with E-state index in [1.807, 2.05) is 0 Å². The molecule has 0 aliphatic heterocycles. The molecule has 1 aromatic rings. The molecule has 0 N–H and O–H groups in total. The van der Waals surface area contributed by atoms with Crippen molar-refractivity contribution in [1.29, 1.82) is 0 Å². The highest BCUT2D eigenvalue weighted by Gasteiger charge is 2.08. The van der Waals surface area contributed by atoms with Gasteiger partial charge in [0.25, 0.3) is 0 Å². The molecule has 0 amide bonds. The first-order chi connectivity index (χ1) is 5.70. The molecule has 12 heavy (non-hydrogen) atoms. The lowest BCUT2D eigenvalue weighted by Crippen LogP contribution is -2.10. The lowest BCUT2D eigenvalue weighted by atomic mass is 10.2. The van der Waals surface area contributed by atoms with Gasteiger partial charge < -0.3 is 4.74 Å². The van der Waals surface area contributed by atoms with Gasteiger partial charge in [-0.2, -0.15) is 0 Å². The van der Waals surface area contributed by atoms with Crippen LogP contribution < -0.4 is 0 Å². The van der Waals surface area contributed by atoms with Gasteiger partial charge >= 0.3 is 5.97 Å². The van der Waals surface area contributed by atoms with Gasteiger partial charge in [-0.3, -0.25) is 0 Å². The minimum Gasteiger partial charge on any atom is -0.428 e. The van der Waals surface area contributed by atoms with Crippen molar-refractivity contribution >= 4 is 5.97 Å². The highest BCUT2D eigenvalue weighted by Crippen LogP contribution is 2.03. The quantitative estimate of drug-likeness (QED) is 0.632. The van der Waals surface area contributed by atoms with Crippen molar-refractivity contribution in [3.63, 3.8) is 0 Å². The van der Waals surface area contributed by atoms with Crippen LogP contribution in [0.4, 0.5) is 4.39 Å². The number of ether oxygens (including phenoxy) is 1. The molecule has 0 bridgehead atoms. The Bertz CT molecular complexity index is 256. The van der Waals surface area contributed by atoms with E-state index in [2.05, 4.69) is 4.74 Å². The predicted molar refractivity (Wildman–Crippen MR) is 42.4 cm³/mol. The Morgan fingerprint density at radius 3 is 2.50 bits per heavy atom.